The predicted molar refractivity (Wildman–Crippen MR) is 71.2 cm³/mol. The molecule has 0 aromatic heterocycles. The van der Waals surface area contributed by atoms with Crippen LogP contribution >= 0.6 is 28.1 Å². The van der Waals surface area contributed by atoms with Gasteiger partial charge in [0.25, 0.3) is 5.69 Å². The maximum absolute atomic E-state index is 10.7. The Morgan fingerprint density at radius 1 is 1.65 bits per heavy atom. The van der Waals surface area contributed by atoms with Crippen LogP contribution in [0.5, 0.6) is 0 Å². The SMILES string of the molecule is N#C/C(=C/c1ccc(Br)c([N+](=O)[O-])c1)C(N)=S. The highest BCUT2D eigenvalue weighted by atomic mass is 79.9. The fraction of sp³-hybridized carbons (Fsp3) is 0. The third-order valence-electron chi connectivity index (χ3n) is 1.86. The van der Waals surface area contributed by atoms with Gasteiger partial charge in [-0.1, -0.05) is 18.3 Å². The van der Waals surface area contributed by atoms with Crippen LogP contribution in [-0.4, -0.2) is 9.91 Å². The summed E-state index contributed by atoms with van der Waals surface area (Å²) in [5.74, 6) is 0. The van der Waals surface area contributed by atoms with Crippen molar-refractivity contribution in [3.63, 3.8) is 0 Å². The van der Waals surface area contributed by atoms with Gasteiger partial charge in [0.1, 0.15) is 11.1 Å². The van der Waals surface area contributed by atoms with Gasteiger partial charge < -0.3 is 5.73 Å². The van der Waals surface area contributed by atoms with Crippen LogP contribution in [0.4, 0.5) is 5.69 Å². The van der Waals surface area contributed by atoms with Crippen LogP contribution in [0.1, 0.15) is 5.56 Å². The average molecular weight is 312 g/mol. The monoisotopic (exact) mass is 311 g/mol. The molecular formula is C10H6BrN3O2S. The van der Waals surface area contributed by atoms with Crippen molar-refractivity contribution in [2.24, 2.45) is 5.73 Å². The summed E-state index contributed by atoms with van der Waals surface area (Å²) in [7, 11) is 0. The molecule has 0 unspecified atom stereocenters. The second-order valence-corrected chi connectivity index (χ2v) is 4.30. The van der Waals surface area contributed by atoms with E-state index in [1.807, 2.05) is 6.07 Å². The number of nitrogens with zero attached hydrogens (tertiary/aromatic N) is 2. The number of thiocarbonyl (C=S) groups is 1. The molecule has 1 rings (SSSR count). The van der Waals surface area contributed by atoms with E-state index in [0.717, 1.165) is 0 Å². The zero-order chi connectivity index (χ0) is 13.0. The number of benzene rings is 1. The topological polar surface area (TPSA) is 92.9 Å². The van der Waals surface area contributed by atoms with Gasteiger partial charge in [0.2, 0.25) is 0 Å². The first-order valence-electron chi connectivity index (χ1n) is 4.31. The minimum absolute atomic E-state index is 0.0435. The summed E-state index contributed by atoms with van der Waals surface area (Å²) < 4.78 is 0.369. The van der Waals surface area contributed by atoms with Crippen molar-refractivity contribution in [3.8, 4) is 6.07 Å². The molecule has 0 radical (unpaired) electrons. The van der Waals surface area contributed by atoms with E-state index in [-0.39, 0.29) is 16.2 Å². The summed E-state index contributed by atoms with van der Waals surface area (Å²) in [6.45, 7) is 0. The van der Waals surface area contributed by atoms with Gasteiger partial charge in [0.05, 0.1) is 15.0 Å². The summed E-state index contributed by atoms with van der Waals surface area (Å²) in [5.41, 5.74) is 5.83. The number of rotatable bonds is 3. The molecule has 0 heterocycles. The van der Waals surface area contributed by atoms with Crippen molar-refractivity contribution >= 4 is 44.9 Å². The molecule has 0 saturated carbocycles. The lowest BCUT2D eigenvalue weighted by atomic mass is 10.1. The van der Waals surface area contributed by atoms with E-state index in [4.69, 9.17) is 11.0 Å². The third-order valence-corrected chi connectivity index (χ3v) is 2.75. The van der Waals surface area contributed by atoms with Gasteiger partial charge in [-0.25, -0.2) is 0 Å². The Morgan fingerprint density at radius 2 is 2.29 bits per heavy atom. The van der Waals surface area contributed by atoms with Gasteiger partial charge in [-0.3, -0.25) is 10.1 Å². The second kappa shape index (κ2) is 5.52. The number of nitriles is 1. The van der Waals surface area contributed by atoms with Gasteiger partial charge in [0.15, 0.2) is 0 Å². The lowest BCUT2D eigenvalue weighted by Crippen LogP contribution is -2.09. The molecule has 0 fully saturated rings. The summed E-state index contributed by atoms with van der Waals surface area (Å²) in [6.07, 6.45) is 1.40. The number of halogens is 1. The number of nitro benzene ring substituents is 1. The first-order valence-corrected chi connectivity index (χ1v) is 5.51. The van der Waals surface area contributed by atoms with Crippen molar-refractivity contribution < 1.29 is 4.92 Å². The standard InChI is InChI=1S/C10H6BrN3O2S/c11-8-2-1-6(4-9(8)14(15)16)3-7(5-12)10(13)17/h1-4H,(H2,13,17)/b7-3-. The van der Waals surface area contributed by atoms with E-state index in [0.29, 0.717) is 10.0 Å². The maximum Gasteiger partial charge on any atom is 0.284 e. The highest BCUT2D eigenvalue weighted by Gasteiger charge is 2.12. The predicted octanol–water partition coefficient (Wildman–Crippen LogP) is 2.55. The Kier molecular flexibility index (Phi) is 4.31. The maximum atomic E-state index is 10.7. The molecule has 5 nitrogen and oxygen atoms in total. The minimum Gasteiger partial charge on any atom is -0.389 e. The van der Waals surface area contributed by atoms with E-state index in [1.54, 1.807) is 6.07 Å². The van der Waals surface area contributed by atoms with Gasteiger partial charge in [-0.05, 0) is 33.6 Å². The lowest BCUT2D eigenvalue weighted by Gasteiger charge is -1.99. The molecule has 17 heavy (non-hydrogen) atoms. The quantitative estimate of drug-likeness (QED) is 0.304. The fourth-order valence-electron chi connectivity index (χ4n) is 1.08. The molecule has 0 bridgehead atoms. The minimum atomic E-state index is -0.520. The zero-order valence-corrected chi connectivity index (χ0v) is 10.8. The van der Waals surface area contributed by atoms with Crippen molar-refractivity contribution in [1.82, 2.24) is 0 Å². The molecule has 0 aliphatic carbocycles. The van der Waals surface area contributed by atoms with E-state index in [2.05, 4.69) is 28.1 Å². The van der Waals surface area contributed by atoms with Crippen molar-refractivity contribution in [1.29, 1.82) is 5.26 Å². The van der Waals surface area contributed by atoms with Crippen molar-refractivity contribution in [2.75, 3.05) is 0 Å². The van der Waals surface area contributed by atoms with Crippen LogP contribution < -0.4 is 5.73 Å². The molecule has 0 amide bonds. The Morgan fingerprint density at radius 3 is 2.76 bits per heavy atom. The summed E-state index contributed by atoms with van der Waals surface area (Å²) in [4.78, 5) is 10.1. The molecule has 1 aromatic carbocycles. The second-order valence-electron chi connectivity index (χ2n) is 3.00. The normalized spacial score (nSPS) is 10.7. The molecule has 7 heteroatoms. The first-order chi connectivity index (χ1) is 7.95. The molecular weight excluding hydrogens is 306 g/mol. The van der Waals surface area contributed by atoms with Crippen LogP contribution in [0.2, 0.25) is 0 Å². The summed E-state index contributed by atoms with van der Waals surface area (Å²) in [5, 5.41) is 19.5. The van der Waals surface area contributed by atoms with Gasteiger partial charge >= 0.3 is 0 Å². The molecule has 0 atom stereocenters. The first kappa shape index (κ1) is 13.3. The highest BCUT2D eigenvalue weighted by molar-refractivity contribution is 9.10. The van der Waals surface area contributed by atoms with Crippen LogP contribution in [0.3, 0.4) is 0 Å². The van der Waals surface area contributed by atoms with Gasteiger partial charge in [0, 0.05) is 6.07 Å². The van der Waals surface area contributed by atoms with Gasteiger partial charge in [-0.2, -0.15) is 5.26 Å². The van der Waals surface area contributed by atoms with E-state index in [9.17, 15) is 10.1 Å². The van der Waals surface area contributed by atoms with Crippen LogP contribution in [0.15, 0.2) is 28.2 Å². The number of nitrogens with two attached hydrogens (primary N) is 1. The summed E-state index contributed by atoms with van der Waals surface area (Å²) >= 11 is 7.73. The highest BCUT2D eigenvalue weighted by Crippen LogP contribution is 2.26. The Bertz CT molecular complexity index is 563. The van der Waals surface area contributed by atoms with E-state index < -0.39 is 4.92 Å². The zero-order valence-electron chi connectivity index (χ0n) is 8.38. The molecule has 86 valence electrons. The van der Waals surface area contributed by atoms with Crippen molar-refractivity contribution in [2.45, 2.75) is 0 Å². The summed E-state index contributed by atoms with van der Waals surface area (Å²) in [6, 6.07) is 6.30. The number of hydrogen-bond donors (Lipinski definition) is 1. The van der Waals surface area contributed by atoms with Crippen molar-refractivity contribution in [3.05, 3.63) is 43.9 Å². The van der Waals surface area contributed by atoms with Crippen LogP contribution in [0, 0.1) is 21.4 Å². The Hall–Kier alpha value is -1.78. The number of hydrogen-bond acceptors (Lipinski definition) is 4. The molecule has 0 aliphatic rings. The lowest BCUT2D eigenvalue weighted by molar-refractivity contribution is -0.385. The molecule has 1 aromatic rings. The van der Waals surface area contributed by atoms with Crippen LogP contribution in [-0.2, 0) is 0 Å². The van der Waals surface area contributed by atoms with E-state index >= 15 is 0 Å². The number of nitro groups is 1. The fourth-order valence-corrected chi connectivity index (χ4v) is 1.58. The average Bonchev–Trinajstić information content (AvgIpc) is 2.27. The Balaban J connectivity index is 3.27. The molecule has 2 N–H and O–H groups in total. The molecule has 0 spiro atoms. The smallest absolute Gasteiger partial charge is 0.284 e. The van der Waals surface area contributed by atoms with E-state index in [1.165, 1.54) is 18.2 Å². The van der Waals surface area contributed by atoms with Crippen LogP contribution in [0.25, 0.3) is 6.08 Å². The molecule has 0 saturated heterocycles. The van der Waals surface area contributed by atoms with Gasteiger partial charge in [-0.15, -0.1) is 0 Å². The third kappa shape index (κ3) is 3.34. The Labute approximate surface area is 111 Å². The molecule has 0 aliphatic heterocycles. The largest absolute Gasteiger partial charge is 0.389 e.